The zero-order valence-electron chi connectivity index (χ0n) is 10.3. The molecule has 1 heteroatoms. The van der Waals surface area contributed by atoms with E-state index in [-0.39, 0.29) is 0 Å². The second-order valence-corrected chi connectivity index (χ2v) is 4.59. The van der Waals surface area contributed by atoms with Crippen LogP contribution in [0.15, 0.2) is 60.7 Å². The fourth-order valence-electron chi connectivity index (χ4n) is 2.02. The van der Waals surface area contributed by atoms with E-state index in [9.17, 15) is 0 Å². The Morgan fingerprint density at radius 1 is 0.824 bits per heavy atom. The summed E-state index contributed by atoms with van der Waals surface area (Å²) < 4.78 is 0. The van der Waals surface area contributed by atoms with E-state index >= 15 is 0 Å². The van der Waals surface area contributed by atoms with Gasteiger partial charge in [0.1, 0.15) is 6.54 Å². The van der Waals surface area contributed by atoms with Gasteiger partial charge in [0.15, 0.2) is 0 Å². The molecule has 0 amide bonds. The molecule has 0 aromatic heterocycles. The second-order valence-electron chi connectivity index (χ2n) is 4.59. The van der Waals surface area contributed by atoms with Crippen LogP contribution in [-0.4, -0.2) is 6.04 Å². The quantitative estimate of drug-likeness (QED) is 0.806. The van der Waals surface area contributed by atoms with E-state index in [0.717, 1.165) is 13.0 Å². The van der Waals surface area contributed by atoms with Gasteiger partial charge >= 0.3 is 0 Å². The fraction of sp³-hybridized carbons (Fsp3) is 0.250. The van der Waals surface area contributed by atoms with Crippen molar-refractivity contribution in [2.75, 3.05) is 0 Å². The predicted octanol–water partition coefficient (Wildman–Crippen LogP) is 2.38. The van der Waals surface area contributed by atoms with Crippen LogP contribution in [-0.2, 0) is 13.0 Å². The second kappa shape index (κ2) is 6.21. The SMILES string of the molecule is C[C@@H](Cc1ccccc1)[NH2+]Cc1ccccc1. The van der Waals surface area contributed by atoms with Gasteiger partial charge in [0.05, 0.1) is 6.04 Å². The number of quaternary nitrogens is 1. The largest absolute Gasteiger partial charge is 0.340 e. The summed E-state index contributed by atoms with van der Waals surface area (Å²) in [6.45, 7) is 3.35. The molecule has 0 radical (unpaired) electrons. The van der Waals surface area contributed by atoms with Crippen molar-refractivity contribution in [3.63, 3.8) is 0 Å². The summed E-state index contributed by atoms with van der Waals surface area (Å²) in [6, 6.07) is 22.0. The molecule has 2 N–H and O–H groups in total. The maximum atomic E-state index is 2.41. The van der Waals surface area contributed by atoms with Gasteiger partial charge in [-0.2, -0.15) is 0 Å². The summed E-state index contributed by atoms with van der Waals surface area (Å²) in [5.41, 5.74) is 2.82. The van der Waals surface area contributed by atoms with Gasteiger partial charge in [0.2, 0.25) is 0 Å². The van der Waals surface area contributed by atoms with Gasteiger partial charge < -0.3 is 5.32 Å². The van der Waals surface area contributed by atoms with Gasteiger partial charge in [-0.25, -0.2) is 0 Å². The highest BCUT2D eigenvalue weighted by atomic mass is 14.9. The molecule has 1 nitrogen and oxygen atoms in total. The van der Waals surface area contributed by atoms with Crippen molar-refractivity contribution in [1.29, 1.82) is 0 Å². The Bertz CT molecular complexity index is 422. The highest BCUT2D eigenvalue weighted by molar-refractivity contribution is 5.15. The normalized spacial score (nSPS) is 12.3. The Hall–Kier alpha value is -1.60. The summed E-state index contributed by atoms with van der Waals surface area (Å²) in [5.74, 6) is 0. The molecule has 0 aliphatic rings. The molecule has 2 aromatic carbocycles. The summed E-state index contributed by atoms with van der Waals surface area (Å²) in [6.07, 6.45) is 1.13. The molecule has 2 aromatic rings. The first-order valence-corrected chi connectivity index (χ1v) is 6.26. The van der Waals surface area contributed by atoms with Crippen molar-refractivity contribution < 1.29 is 5.32 Å². The summed E-state index contributed by atoms with van der Waals surface area (Å²) in [7, 11) is 0. The van der Waals surface area contributed by atoms with Crippen molar-refractivity contribution in [3.05, 3.63) is 71.8 Å². The molecule has 1 atom stereocenters. The first kappa shape index (κ1) is 11.9. The van der Waals surface area contributed by atoms with E-state index in [2.05, 4.69) is 72.9 Å². The van der Waals surface area contributed by atoms with Crippen molar-refractivity contribution >= 4 is 0 Å². The van der Waals surface area contributed by atoms with E-state index in [4.69, 9.17) is 0 Å². The van der Waals surface area contributed by atoms with Crippen LogP contribution in [0.2, 0.25) is 0 Å². The van der Waals surface area contributed by atoms with Crippen LogP contribution in [0.1, 0.15) is 18.1 Å². The number of nitrogens with two attached hydrogens (primary N) is 1. The highest BCUT2D eigenvalue weighted by Gasteiger charge is 2.05. The Balaban J connectivity index is 1.80. The smallest absolute Gasteiger partial charge is 0.101 e. The van der Waals surface area contributed by atoms with Crippen LogP contribution in [0.5, 0.6) is 0 Å². The van der Waals surface area contributed by atoms with Gasteiger partial charge in [-0.3, -0.25) is 0 Å². The van der Waals surface area contributed by atoms with Crippen molar-refractivity contribution in [2.45, 2.75) is 25.9 Å². The molecule has 0 unspecified atom stereocenters. The molecule has 0 aliphatic heterocycles. The fourth-order valence-corrected chi connectivity index (χ4v) is 2.02. The van der Waals surface area contributed by atoms with Crippen LogP contribution in [0.3, 0.4) is 0 Å². The molecule has 88 valence electrons. The van der Waals surface area contributed by atoms with Gasteiger partial charge in [-0.05, 0) is 12.5 Å². The molecule has 0 heterocycles. The van der Waals surface area contributed by atoms with Gasteiger partial charge in [0, 0.05) is 12.0 Å². The van der Waals surface area contributed by atoms with Crippen molar-refractivity contribution in [3.8, 4) is 0 Å². The molecule has 0 spiro atoms. The average Bonchev–Trinajstić information content (AvgIpc) is 2.39. The van der Waals surface area contributed by atoms with Crippen LogP contribution >= 0.6 is 0 Å². The minimum Gasteiger partial charge on any atom is -0.340 e. The number of hydrogen-bond acceptors (Lipinski definition) is 0. The average molecular weight is 226 g/mol. The Morgan fingerprint density at radius 3 is 1.94 bits per heavy atom. The maximum Gasteiger partial charge on any atom is 0.101 e. The number of benzene rings is 2. The molecular formula is C16H20N+. The standard InChI is InChI=1S/C16H19N/c1-14(12-15-8-4-2-5-9-15)17-13-16-10-6-3-7-11-16/h2-11,14,17H,12-13H2,1H3/p+1/t14-/m0/s1. The third kappa shape index (κ3) is 4.04. The minimum atomic E-state index is 0.623. The lowest BCUT2D eigenvalue weighted by Crippen LogP contribution is -2.88. The Labute approximate surface area is 103 Å². The summed E-state index contributed by atoms with van der Waals surface area (Å²) >= 11 is 0. The maximum absolute atomic E-state index is 2.41. The third-order valence-corrected chi connectivity index (χ3v) is 3.00. The van der Waals surface area contributed by atoms with Crippen LogP contribution in [0.4, 0.5) is 0 Å². The monoisotopic (exact) mass is 226 g/mol. The lowest BCUT2D eigenvalue weighted by molar-refractivity contribution is -0.701. The first-order valence-electron chi connectivity index (χ1n) is 6.26. The van der Waals surface area contributed by atoms with E-state index in [0.29, 0.717) is 6.04 Å². The van der Waals surface area contributed by atoms with E-state index in [1.54, 1.807) is 0 Å². The zero-order valence-corrected chi connectivity index (χ0v) is 10.3. The predicted molar refractivity (Wildman–Crippen MR) is 71.7 cm³/mol. The summed E-state index contributed by atoms with van der Waals surface area (Å²) in [5, 5.41) is 2.41. The van der Waals surface area contributed by atoms with Crippen molar-refractivity contribution in [2.24, 2.45) is 0 Å². The topological polar surface area (TPSA) is 16.6 Å². The Morgan fingerprint density at radius 2 is 1.35 bits per heavy atom. The molecule has 0 bridgehead atoms. The molecule has 0 saturated carbocycles. The lowest BCUT2D eigenvalue weighted by Gasteiger charge is -2.10. The van der Waals surface area contributed by atoms with Crippen molar-refractivity contribution in [1.82, 2.24) is 0 Å². The van der Waals surface area contributed by atoms with E-state index < -0.39 is 0 Å². The summed E-state index contributed by atoms with van der Waals surface area (Å²) in [4.78, 5) is 0. The highest BCUT2D eigenvalue weighted by Crippen LogP contribution is 2.01. The van der Waals surface area contributed by atoms with Gasteiger partial charge in [-0.1, -0.05) is 60.7 Å². The lowest BCUT2D eigenvalue weighted by atomic mass is 10.1. The van der Waals surface area contributed by atoms with E-state index in [1.165, 1.54) is 11.1 Å². The third-order valence-electron chi connectivity index (χ3n) is 3.00. The molecule has 0 fully saturated rings. The minimum absolute atomic E-state index is 0.623. The van der Waals surface area contributed by atoms with Crippen LogP contribution in [0, 0.1) is 0 Å². The number of rotatable bonds is 5. The van der Waals surface area contributed by atoms with Gasteiger partial charge in [0.25, 0.3) is 0 Å². The van der Waals surface area contributed by atoms with Gasteiger partial charge in [-0.15, -0.1) is 0 Å². The molecular weight excluding hydrogens is 206 g/mol. The zero-order chi connectivity index (χ0) is 11.9. The molecule has 0 saturated heterocycles. The molecule has 2 rings (SSSR count). The molecule has 17 heavy (non-hydrogen) atoms. The Kier molecular flexibility index (Phi) is 4.34. The van der Waals surface area contributed by atoms with Crippen LogP contribution in [0.25, 0.3) is 0 Å². The first-order chi connectivity index (χ1) is 8.34. The van der Waals surface area contributed by atoms with E-state index in [1.807, 2.05) is 0 Å². The molecule has 0 aliphatic carbocycles. The van der Waals surface area contributed by atoms with Crippen LogP contribution < -0.4 is 5.32 Å². The number of hydrogen-bond donors (Lipinski definition) is 1.